The molecule has 2 N–H and O–H groups in total. The minimum atomic E-state index is -1.15. The molecule has 0 bridgehead atoms. The summed E-state index contributed by atoms with van der Waals surface area (Å²) in [6, 6.07) is 0.367. The van der Waals surface area contributed by atoms with Crippen LogP contribution in [0.1, 0.15) is 38.8 Å². The number of alkyl halides is 1. The van der Waals surface area contributed by atoms with Crippen molar-refractivity contribution in [1.82, 2.24) is 24.8 Å². The Morgan fingerprint density at radius 1 is 1.35 bits per heavy atom. The fourth-order valence-corrected chi connectivity index (χ4v) is 4.10. The number of anilines is 1. The molecule has 1 saturated carbocycles. The summed E-state index contributed by atoms with van der Waals surface area (Å²) in [6.07, 6.45) is 4.07. The number of nitrogens with zero attached hydrogens (tertiary/aromatic N) is 4. The van der Waals surface area contributed by atoms with Gasteiger partial charge >= 0.3 is 0 Å². The van der Waals surface area contributed by atoms with E-state index in [1.54, 1.807) is 10.9 Å². The van der Waals surface area contributed by atoms with Crippen molar-refractivity contribution >= 4 is 28.6 Å². The summed E-state index contributed by atoms with van der Waals surface area (Å²) >= 11 is 6.14. The van der Waals surface area contributed by atoms with Gasteiger partial charge in [-0.1, -0.05) is 19.8 Å². The Kier molecular flexibility index (Phi) is 4.98. The molecular weight excluding hydrogens is 359 g/mol. The zero-order valence-corrected chi connectivity index (χ0v) is 15.7. The van der Waals surface area contributed by atoms with E-state index in [1.165, 1.54) is 12.8 Å². The van der Waals surface area contributed by atoms with Crippen molar-refractivity contribution < 1.29 is 9.13 Å². The predicted octanol–water partition coefficient (Wildman–Crippen LogP) is 2.93. The van der Waals surface area contributed by atoms with Crippen LogP contribution in [0.5, 0.6) is 0 Å². The standard InChI is InChI=1S/C17H24ClFN6O/c1-9-11(7-20-2)26-16(12(9)19)25-8-21-13-14(22-10-5-3-4-6-10)23-17(18)24-15(13)25/h8-12,16,20H,3-7H2,1-2H3,(H,22,23,24)/t9-,11-,12+,16-/m1/s1. The number of halogens is 2. The Labute approximate surface area is 156 Å². The summed E-state index contributed by atoms with van der Waals surface area (Å²) in [4.78, 5) is 13.0. The van der Waals surface area contributed by atoms with Gasteiger partial charge in [0.25, 0.3) is 0 Å². The molecule has 0 unspecified atom stereocenters. The smallest absolute Gasteiger partial charge is 0.226 e. The number of fused-ring (bicyclic) bond motifs is 1. The largest absolute Gasteiger partial charge is 0.365 e. The van der Waals surface area contributed by atoms with Gasteiger partial charge in [-0.25, -0.2) is 9.37 Å². The number of aromatic nitrogens is 4. The zero-order chi connectivity index (χ0) is 18.3. The van der Waals surface area contributed by atoms with E-state index in [2.05, 4.69) is 25.6 Å². The van der Waals surface area contributed by atoms with Crippen LogP contribution in [0, 0.1) is 5.92 Å². The van der Waals surface area contributed by atoms with Gasteiger partial charge in [0.2, 0.25) is 5.28 Å². The van der Waals surface area contributed by atoms with Crippen LogP contribution < -0.4 is 10.6 Å². The van der Waals surface area contributed by atoms with Crippen molar-refractivity contribution in [2.45, 2.75) is 57.2 Å². The van der Waals surface area contributed by atoms with Gasteiger partial charge in [-0.05, 0) is 31.5 Å². The molecule has 7 nitrogen and oxygen atoms in total. The third-order valence-corrected chi connectivity index (χ3v) is 5.61. The van der Waals surface area contributed by atoms with Crippen LogP contribution in [0.15, 0.2) is 6.33 Å². The molecule has 26 heavy (non-hydrogen) atoms. The Morgan fingerprint density at radius 2 is 2.12 bits per heavy atom. The number of ether oxygens (including phenoxy) is 1. The van der Waals surface area contributed by atoms with Gasteiger partial charge in [0, 0.05) is 18.5 Å². The minimum Gasteiger partial charge on any atom is -0.365 e. The maximum Gasteiger partial charge on any atom is 0.226 e. The summed E-state index contributed by atoms with van der Waals surface area (Å²) in [5.74, 6) is 0.386. The average Bonchev–Trinajstić information content (AvgIpc) is 3.32. The molecule has 0 radical (unpaired) electrons. The molecule has 4 rings (SSSR count). The van der Waals surface area contributed by atoms with Crippen molar-refractivity contribution in [3.05, 3.63) is 11.6 Å². The van der Waals surface area contributed by atoms with E-state index in [9.17, 15) is 4.39 Å². The highest BCUT2D eigenvalue weighted by atomic mass is 35.5. The van der Waals surface area contributed by atoms with Crippen LogP contribution in [0.3, 0.4) is 0 Å². The quantitative estimate of drug-likeness (QED) is 0.774. The SMILES string of the molecule is CNC[C@H]1O[C@@H](n2cnc3c(NC4CCCC4)nc(Cl)nc32)[C@@H](F)[C@@H]1C. The van der Waals surface area contributed by atoms with Gasteiger partial charge in [0.1, 0.15) is 0 Å². The highest BCUT2D eigenvalue weighted by Crippen LogP contribution is 2.38. The third-order valence-electron chi connectivity index (χ3n) is 5.44. The normalized spacial score (nSPS) is 29.7. The number of hydrogen-bond acceptors (Lipinski definition) is 6. The summed E-state index contributed by atoms with van der Waals surface area (Å²) in [6.45, 7) is 2.45. The van der Waals surface area contributed by atoms with Crippen LogP contribution in [0.25, 0.3) is 11.2 Å². The van der Waals surface area contributed by atoms with Crippen LogP contribution in [0.4, 0.5) is 10.2 Å². The maximum absolute atomic E-state index is 14.9. The summed E-state index contributed by atoms with van der Waals surface area (Å²) < 4.78 is 22.5. The molecule has 142 valence electrons. The lowest BCUT2D eigenvalue weighted by Crippen LogP contribution is -2.28. The number of rotatable bonds is 5. The Balaban J connectivity index is 1.67. The molecule has 9 heteroatoms. The predicted molar refractivity (Wildman–Crippen MR) is 98.1 cm³/mol. The summed E-state index contributed by atoms with van der Waals surface area (Å²) in [5, 5.41) is 6.59. The molecule has 1 aliphatic heterocycles. The van der Waals surface area contributed by atoms with E-state index in [1.807, 2.05) is 14.0 Å². The van der Waals surface area contributed by atoms with E-state index in [0.29, 0.717) is 29.6 Å². The van der Waals surface area contributed by atoms with Crippen LogP contribution in [-0.4, -0.2) is 51.4 Å². The van der Waals surface area contributed by atoms with E-state index in [-0.39, 0.29) is 17.3 Å². The second kappa shape index (κ2) is 7.25. The summed E-state index contributed by atoms with van der Waals surface area (Å²) in [7, 11) is 1.83. The van der Waals surface area contributed by atoms with Crippen LogP contribution in [-0.2, 0) is 4.74 Å². The van der Waals surface area contributed by atoms with Crippen LogP contribution in [0.2, 0.25) is 5.28 Å². The first-order valence-electron chi connectivity index (χ1n) is 9.19. The first kappa shape index (κ1) is 17.9. The van der Waals surface area contributed by atoms with E-state index >= 15 is 0 Å². The Hall–Kier alpha value is -1.51. The fourth-order valence-electron chi connectivity index (χ4n) is 3.94. The molecule has 4 atom stereocenters. The summed E-state index contributed by atoms with van der Waals surface area (Å²) in [5.41, 5.74) is 1.09. The lowest BCUT2D eigenvalue weighted by atomic mass is 10.0. The molecule has 2 fully saturated rings. The Morgan fingerprint density at radius 3 is 2.85 bits per heavy atom. The fraction of sp³-hybridized carbons (Fsp3) is 0.706. The second-order valence-corrected chi connectivity index (χ2v) is 7.56. The molecule has 3 heterocycles. The molecular formula is C17H24ClFN6O. The molecule has 2 aromatic rings. The number of imidazole rings is 1. The highest BCUT2D eigenvalue weighted by molar-refractivity contribution is 6.28. The van der Waals surface area contributed by atoms with Crippen molar-refractivity contribution in [2.75, 3.05) is 18.9 Å². The Bertz CT molecular complexity index is 780. The van der Waals surface area contributed by atoms with Crippen LogP contribution >= 0.6 is 11.6 Å². The lowest BCUT2D eigenvalue weighted by Gasteiger charge is -2.17. The van der Waals surface area contributed by atoms with Crippen molar-refractivity contribution in [2.24, 2.45) is 5.92 Å². The number of likely N-dealkylation sites (N-methyl/N-ethyl adjacent to an activating group) is 1. The molecule has 2 aromatic heterocycles. The van der Waals surface area contributed by atoms with Gasteiger partial charge in [0.05, 0.1) is 12.4 Å². The van der Waals surface area contributed by atoms with Crippen molar-refractivity contribution in [3.63, 3.8) is 0 Å². The topological polar surface area (TPSA) is 76.9 Å². The van der Waals surface area contributed by atoms with Gasteiger partial charge in [-0.3, -0.25) is 4.57 Å². The van der Waals surface area contributed by atoms with Crippen molar-refractivity contribution in [1.29, 1.82) is 0 Å². The second-order valence-electron chi connectivity index (χ2n) is 7.22. The van der Waals surface area contributed by atoms with Gasteiger partial charge < -0.3 is 15.4 Å². The third kappa shape index (κ3) is 3.14. The molecule has 2 aliphatic rings. The van der Waals surface area contributed by atoms with E-state index < -0.39 is 12.4 Å². The van der Waals surface area contributed by atoms with Crippen molar-refractivity contribution in [3.8, 4) is 0 Å². The molecule has 0 amide bonds. The van der Waals surface area contributed by atoms with Gasteiger partial charge in [-0.2, -0.15) is 9.97 Å². The minimum absolute atomic E-state index is 0.118. The molecule has 0 aromatic carbocycles. The average molecular weight is 383 g/mol. The van der Waals surface area contributed by atoms with E-state index in [0.717, 1.165) is 12.8 Å². The highest BCUT2D eigenvalue weighted by Gasteiger charge is 2.43. The maximum atomic E-state index is 14.9. The first-order chi connectivity index (χ1) is 12.6. The lowest BCUT2D eigenvalue weighted by molar-refractivity contribution is -0.0161. The van der Waals surface area contributed by atoms with E-state index in [4.69, 9.17) is 16.3 Å². The van der Waals surface area contributed by atoms with Gasteiger partial charge in [-0.15, -0.1) is 0 Å². The zero-order valence-electron chi connectivity index (χ0n) is 15.0. The monoisotopic (exact) mass is 382 g/mol. The molecule has 0 spiro atoms. The molecule has 1 aliphatic carbocycles. The first-order valence-corrected chi connectivity index (χ1v) is 9.57. The number of nitrogens with one attached hydrogen (secondary N) is 2. The van der Waals surface area contributed by atoms with Gasteiger partial charge in [0.15, 0.2) is 29.4 Å². The molecule has 1 saturated heterocycles. The number of hydrogen-bond donors (Lipinski definition) is 2.